The van der Waals surface area contributed by atoms with Crippen LogP contribution in [0.15, 0.2) is 30.5 Å². The van der Waals surface area contributed by atoms with Gasteiger partial charge in [-0.15, -0.1) is 0 Å². The summed E-state index contributed by atoms with van der Waals surface area (Å²) in [6, 6.07) is 9.83. The second-order valence-electron chi connectivity index (χ2n) is 10.5. The summed E-state index contributed by atoms with van der Waals surface area (Å²) in [5.74, 6) is 1.07. The standard InChI is InChI=1S/C28H36N4O2/c1-34-25-10-13-31(19-25)27-15-23-18-32(28(33)26(23)16-29-27)17-20-6-7-21-8-11-30(12-9-22(21)14-20)24-4-2-3-5-24/h6-7,14-16,24-25H,2-5,8-13,17-19H2,1H3. The zero-order chi connectivity index (χ0) is 23.1. The molecule has 1 aromatic carbocycles. The number of amides is 1. The van der Waals surface area contributed by atoms with E-state index < -0.39 is 0 Å². The summed E-state index contributed by atoms with van der Waals surface area (Å²) in [6.45, 7) is 5.51. The Kier molecular flexibility index (Phi) is 6.04. The summed E-state index contributed by atoms with van der Waals surface area (Å²) in [6.07, 6.45) is 10.9. The van der Waals surface area contributed by atoms with Crippen LogP contribution in [-0.4, -0.2) is 66.1 Å². The quantitative estimate of drug-likeness (QED) is 0.679. The molecule has 1 unspecified atom stereocenters. The number of benzene rings is 1. The van der Waals surface area contributed by atoms with Gasteiger partial charge in [0.25, 0.3) is 5.91 Å². The summed E-state index contributed by atoms with van der Waals surface area (Å²) in [4.78, 5) is 24.7. The number of hydrogen-bond donors (Lipinski definition) is 0. The lowest BCUT2D eigenvalue weighted by molar-refractivity contribution is 0.0766. The Morgan fingerprint density at radius 2 is 1.82 bits per heavy atom. The molecule has 1 aromatic heterocycles. The third kappa shape index (κ3) is 4.22. The van der Waals surface area contributed by atoms with Gasteiger partial charge in [-0.3, -0.25) is 9.69 Å². The van der Waals surface area contributed by atoms with Gasteiger partial charge in [-0.1, -0.05) is 31.0 Å². The Morgan fingerprint density at radius 3 is 2.62 bits per heavy atom. The number of pyridine rings is 1. The lowest BCUT2D eigenvalue weighted by Gasteiger charge is -2.26. The first-order valence-corrected chi connectivity index (χ1v) is 13.1. The molecular weight excluding hydrogens is 424 g/mol. The predicted molar refractivity (Wildman–Crippen MR) is 133 cm³/mol. The van der Waals surface area contributed by atoms with Crippen LogP contribution in [0.3, 0.4) is 0 Å². The van der Waals surface area contributed by atoms with E-state index in [-0.39, 0.29) is 12.0 Å². The maximum Gasteiger partial charge on any atom is 0.256 e. The number of fused-ring (bicyclic) bond motifs is 2. The molecule has 1 saturated heterocycles. The van der Waals surface area contributed by atoms with Gasteiger partial charge < -0.3 is 14.5 Å². The Bertz CT molecular complexity index is 1060. The number of rotatable bonds is 5. The van der Waals surface area contributed by atoms with Gasteiger partial charge in [0, 0.05) is 58.6 Å². The van der Waals surface area contributed by atoms with Gasteiger partial charge in [-0.2, -0.15) is 0 Å². The third-order valence-corrected chi connectivity index (χ3v) is 8.48. The van der Waals surface area contributed by atoms with E-state index in [1.807, 2.05) is 4.90 Å². The first-order valence-electron chi connectivity index (χ1n) is 13.1. The van der Waals surface area contributed by atoms with E-state index in [0.29, 0.717) is 13.1 Å². The fourth-order valence-corrected chi connectivity index (χ4v) is 6.43. The monoisotopic (exact) mass is 460 g/mol. The minimum Gasteiger partial charge on any atom is -0.380 e. The molecule has 1 saturated carbocycles. The summed E-state index contributed by atoms with van der Waals surface area (Å²) in [7, 11) is 1.77. The minimum absolute atomic E-state index is 0.104. The molecule has 0 N–H and O–H groups in total. The van der Waals surface area contributed by atoms with Crippen LogP contribution in [0.4, 0.5) is 5.82 Å². The normalized spacial score (nSPS) is 23.4. The topological polar surface area (TPSA) is 48.9 Å². The van der Waals surface area contributed by atoms with Crippen molar-refractivity contribution in [1.29, 1.82) is 0 Å². The highest BCUT2D eigenvalue weighted by atomic mass is 16.5. The number of carbonyl (C=O) groups is 1. The molecule has 3 aliphatic heterocycles. The zero-order valence-corrected chi connectivity index (χ0v) is 20.3. The molecule has 1 atom stereocenters. The number of anilines is 1. The van der Waals surface area contributed by atoms with Crippen molar-refractivity contribution in [2.75, 3.05) is 38.2 Å². The molecule has 34 heavy (non-hydrogen) atoms. The Balaban J connectivity index is 1.13. The van der Waals surface area contributed by atoms with E-state index in [1.54, 1.807) is 13.3 Å². The molecule has 6 heteroatoms. The van der Waals surface area contributed by atoms with Crippen LogP contribution in [-0.2, 0) is 30.7 Å². The predicted octanol–water partition coefficient (Wildman–Crippen LogP) is 3.81. The molecule has 4 heterocycles. The van der Waals surface area contributed by atoms with Gasteiger partial charge in [0.2, 0.25) is 0 Å². The third-order valence-electron chi connectivity index (χ3n) is 8.48. The highest BCUT2D eigenvalue weighted by Gasteiger charge is 2.31. The largest absolute Gasteiger partial charge is 0.380 e. The lowest BCUT2D eigenvalue weighted by atomic mass is 10.00. The molecule has 6 nitrogen and oxygen atoms in total. The van der Waals surface area contributed by atoms with Gasteiger partial charge in [-0.05, 0) is 60.4 Å². The average Bonchev–Trinajstić information content (AvgIpc) is 3.59. The molecule has 1 aliphatic carbocycles. The first kappa shape index (κ1) is 22.1. The summed E-state index contributed by atoms with van der Waals surface area (Å²) < 4.78 is 5.50. The molecule has 0 spiro atoms. The van der Waals surface area contributed by atoms with Gasteiger partial charge >= 0.3 is 0 Å². The van der Waals surface area contributed by atoms with Crippen LogP contribution >= 0.6 is 0 Å². The fourth-order valence-electron chi connectivity index (χ4n) is 6.43. The van der Waals surface area contributed by atoms with Crippen molar-refractivity contribution in [2.45, 2.75) is 70.2 Å². The smallest absolute Gasteiger partial charge is 0.256 e. The summed E-state index contributed by atoms with van der Waals surface area (Å²) >= 11 is 0. The lowest BCUT2D eigenvalue weighted by Crippen LogP contribution is -2.35. The van der Waals surface area contributed by atoms with Crippen molar-refractivity contribution in [3.05, 3.63) is 58.3 Å². The van der Waals surface area contributed by atoms with E-state index in [4.69, 9.17) is 4.74 Å². The molecule has 1 amide bonds. The van der Waals surface area contributed by atoms with E-state index in [2.05, 4.69) is 39.0 Å². The van der Waals surface area contributed by atoms with Crippen LogP contribution in [0.1, 0.15) is 64.7 Å². The maximum absolute atomic E-state index is 13.1. The highest BCUT2D eigenvalue weighted by Crippen LogP contribution is 2.30. The van der Waals surface area contributed by atoms with Crippen molar-refractivity contribution in [1.82, 2.24) is 14.8 Å². The Hall–Kier alpha value is -2.44. The first-order chi connectivity index (χ1) is 16.7. The van der Waals surface area contributed by atoms with Crippen LogP contribution in [0.2, 0.25) is 0 Å². The Morgan fingerprint density at radius 1 is 1.00 bits per heavy atom. The van der Waals surface area contributed by atoms with Crippen molar-refractivity contribution >= 4 is 11.7 Å². The number of hydrogen-bond acceptors (Lipinski definition) is 5. The molecule has 6 rings (SSSR count). The summed E-state index contributed by atoms with van der Waals surface area (Å²) in [5.41, 5.74) is 6.07. The van der Waals surface area contributed by atoms with Crippen LogP contribution in [0.25, 0.3) is 0 Å². The molecule has 180 valence electrons. The second-order valence-corrected chi connectivity index (χ2v) is 10.5. The van der Waals surface area contributed by atoms with Gasteiger partial charge in [-0.25, -0.2) is 4.98 Å². The van der Waals surface area contributed by atoms with Crippen molar-refractivity contribution in [3.8, 4) is 0 Å². The molecular formula is C28H36N4O2. The van der Waals surface area contributed by atoms with Gasteiger partial charge in [0.05, 0.1) is 11.7 Å². The maximum atomic E-state index is 13.1. The minimum atomic E-state index is 0.104. The van der Waals surface area contributed by atoms with Crippen LogP contribution in [0.5, 0.6) is 0 Å². The summed E-state index contributed by atoms with van der Waals surface area (Å²) in [5, 5.41) is 0. The van der Waals surface area contributed by atoms with Crippen LogP contribution < -0.4 is 4.90 Å². The molecule has 0 radical (unpaired) electrons. The molecule has 0 bridgehead atoms. The second kappa shape index (κ2) is 9.31. The van der Waals surface area contributed by atoms with Gasteiger partial charge in [0.15, 0.2) is 0 Å². The van der Waals surface area contributed by atoms with E-state index in [1.165, 1.54) is 55.5 Å². The van der Waals surface area contributed by atoms with Crippen molar-refractivity contribution < 1.29 is 9.53 Å². The van der Waals surface area contributed by atoms with Crippen molar-refractivity contribution in [2.24, 2.45) is 0 Å². The molecule has 2 aromatic rings. The fraction of sp³-hybridized carbons (Fsp3) is 0.571. The highest BCUT2D eigenvalue weighted by molar-refractivity contribution is 5.98. The van der Waals surface area contributed by atoms with E-state index >= 15 is 0 Å². The van der Waals surface area contributed by atoms with E-state index in [0.717, 1.165) is 55.3 Å². The molecule has 2 fully saturated rings. The average molecular weight is 461 g/mol. The SMILES string of the molecule is COC1CCN(c2cc3c(cn2)C(=O)N(Cc2ccc4c(c2)CCN(C2CCCC2)CC4)C3)C1. The zero-order valence-electron chi connectivity index (χ0n) is 20.3. The number of aromatic nitrogens is 1. The Labute approximate surface area is 202 Å². The number of methoxy groups -OCH3 is 1. The number of nitrogens with zero attached hydrogens (tertiary/aromatic N) is 4. The van der Waals surface area contributed by atoms with Gasteiger partial charge in [0.1, 0.15) is 5.82 Å². The number of carbonyl (C=O) groups excluding carboxylic acids is 1. The van der Waals surface area contributed by atoms with Crippen molar-refractivity contribution in [3.63, 3.8) is 0 Å². The van der Waals surface area contributed by atoms with E-state index in [9.17, 15) is 4.79 Å². The number of ether oxygens (including phenoxy) is 1. The van der Waals surface area contributed by atoms with Crippen LogP contribution in [0, 0.1) is 0 Å². The molecule has 4 aliphatic rings.